The Kier molecular flexibility index (Phi) is 4.21. The second-order valence-electron chi connectivity index (χ2n) is 4.95. The highest BCUT2D eigenvalue weighted by atomic mass is 32.2. The van der Waals surface area contributed by atoms with Crippen molar-refractivity contribution < 1.29 is 8.42 Å². The molecule has 0 saturated carbocycles. The van der Waals surface area contributed by atoms with E-state index in [2.05, 4.69) is 10.2 Å². The van der Waals surface area contributed by atoms with E-state index in [1.807, 2.05) is 0 Å². The Balaban J connectivity index is 1.77. The van der Waals surface area contributed by atoms with Crippen LogP contribution in [0.15, 0.2) is 0 Å². The molecular weight excluding hydrogens is 224 g/mol. The first kappa shape index (κ1) is 12.3. The molecule has 0 radical (unpaired) electrons. The van der Waals surface area contributed by atoms with Gasteiger partial charge in [-0.2, -0.15) is 0 Å². The number of hydrogen-bond acceptors (Lipinski definition) is 4. The fourth-order valence-electron chi connectivity index (χ4n) is 2.50. The third-order valence-electron chi connectivity index (χ3n) is 3.58. The molecule has 0 amide bonds. The lowest BCUT2D eigenvalue weighted by atomic mass is 10.1. The first-order valence-electron chi connectivity index (χ1n) is 6.32. The molecule has 0 bridgehead atoms. The van der Waals surface area contributed by atoms with Crippen molar-refractivity contribution in [3.63, 3.8) is 0 Å². The van der Waals surface area contributed by atoms with Gasteiger partial charge in [-0.15, -0.1) is 0 Å². The fraction of sp³-hybridized carbons (Fsp3) is 1.00. The largest absolute Gasteiger partial charge is 0.313 e. The minimum atomic E-state index is -2.73. The molecule has 0 aromatic carbocycles. The van der Waals surface area contributed by atoms with Crippen LogP contribution in [0.25, 0.3) is 0 Å². The molecule has 2 aliphatic rings. The van der Waals surface area contributed by atoms with E-state index in [1.54, 1.807) is 0 Å². The first-order valence-corrected chi connectivity index (χ1v) is 8.14. The molecule has 2 saturated heterocycles. The number of sulfone groups is 1. The van der Waals surface area contributed by atoms with Crippen LogP contribution < -0.4 is 5.32 Å². The minimum absolute atomic E-state index is 0.347. The van der Waals surface area contributed by atoms with E-state index in [0.29, 0.717) is 17.5 Å². The molecule has 0 aromatic rings. The van der Waals surface area contributed by atoms with Gasteiger partial charge >= 0.3 is 0 Å². The quantitative estimate of drug-likeness (QED) is 0.759. The van der Waals surface area contributed by atoms with E-state index < -0.39 is 9.84 Å². The van der Waals surface area contributed by atoms with Crippen LogP contribution in [-0.2, 0) is 9.84 Å². The van der Waals surface area contributed by atoms with Crippen LogP contribution in [0.1, 0.15) is 25.7 Å². The molecular formula is C11H22N2O2S. The van der Waals surface area contributed by atoms with Crippen LogP contribution in [0.5, 0.6) is 0 Å². The summed E-state index contributed by atoms with van der Waals surface area (Å²) in [6.45, 7) is 3.59. The highest BCUT2D eigenvalue weighted by Crippen LogP contribution is 2.11. The van der Waals surface area contributed by atoms with Gasteiger partial charge in [0.2, 0.25) is 0 Å². The van der Waals surface area contributed by atoms with Crippen molar-refractivity contribution in [1.82, 2.24) is 10.2 Å². The van der Waals surface area contributed by atoms with E-state index in [9.17, 15) is 8.42 Å². The lowest BCUT2D eigenvalue weighted by Gasteiger charge is -2.30. The Morgan fingerprint density at radius 1 is 1.12 bits per heavy atom. The first-order chi connectivity index (χ1) is 7.66. The smallest absolute Gasteiger partial charge is 0.152 e. The summed E-state index contributed by atoms with van der Waals surface area (Å²) in [6, 6.07) is 0.573. The van der Waals surface area contributed by atoms with Crippen molar-refractivity contribution in [2.24, 2.45) is 0 Å². The lowest BCUT2D eigenvalue weighted by Crippen LogP contribution is -2.47. The average molecular weight is 246 g/mol. The SMILES string of the molecule is O=S1(=O)CCN(CC2CCCCCN2)CC1. The van der Waals surface area contributed by atoms with Crippen LogP contribution in [0.4, 0.5) is 0 Å². The molecule has 2 fully saturated rings. The highest BCUT2D eigenvalue weighted by Gasteiger charge is 2.23. The van der Waals surface area contributed by atoms with Crippen molar-refractivity contribution in [3.8, 4) is 0 Å². The van der Waals surface area contributed by atoms with Crippen LogP contribution in [0, 0.1) is 0 Å². The van der Waals surface area contributed by atoms with Gasteiger partial charge in [0.15, 0.2) is 9.84 Å². The molecule has 5 heteroatoms. The summed E-state index contributed by atoms with van der Waals surface area (Å²) in [5.74, 6) is 0.694. The molecule has 1 N–H and O–H groups in total. The van der Waals surface area contributed by atoms with Gasteiger partial charge in [-0.1, -0.05) is 12.8 Å². The number of nitrogens with zero attached hydrogens (tertiary/aromatic N) is 1. The summed E-state index contributed by atoms with van der Waals surface area (Å²) in [7, 11) is -2.73. The Morgan fingerprint density at radius 3 is 2.62 bits per heavy atom. The molecule has 2 heterocycles. The standard InChI is InChI=1S/C11H22N2O2S/c14-16(15)8-6-13(7-9-16)10-11-4-2-1-3-5-12-11/h11-12H,1-10H2. The molecule has 0 aliphatic carbocycles. The number of rotatable bonds is 2. The predicted octanol–water partition coefficient (Wildman–Crippen LogP) is 0.249. The molecule has 16 heavy (non-hydrogen) atoms. The molecule has 0 aromatic heterocycles. The average Bonchev–Trinajstić information content (AvgIpc) is 2.50. The molecule has 4 nitrogen and oxygen atoms in total. The fourth-order valence-corrected chi connectivity index (χ4v) is 3.78. The predicted molar refractivity (Wildman–Crippen MR) is 65.4 cm³/mol. The van der Waals surface area contributed by atoms with Gasteiger partial charge in [-0.25, -0.2) is 8.42 Å². The summed E-state index contributed by atoms with van der Waals surface area (Å²) in [5, 5.41) is 3.56. The van der Waals surface area contributed by atoms with Crippen LogP contribution in [0.2, 0.25) is 0 Å². The third kappa shape index (κ3) is 3.71. The zero-order valence-corrected chi connectivity index (χ0v) is 10.6. The van der Waals surface area contributed by atoms with Crippen molar-refractivity contribution in [2.45, 2.75) is 31.7 Å². The van der Waals surface area contributed by atoms with Gasteiger partial charge < -0.3 is 5.32 Å². The van der Waals surface area contributed by atoms with E-state index in [-0.39, 0.29) is 0 Å². The highest BCUT2D eigenvalue weighted by molar-refractivity contribution is 7.91. The molecule has 2 rings (SSSR count). The zero-order valence-electron chi connectivity index (χ0n) is 9.82. The van der Waals surface area contributed by atoms with Crippen molar-refractivity contribution in [2.75, 3.05) is 37.7 Å². The normalized spacial score (nSPS) is 32.1. The van der Waals surface area contributed by atoms with Crippen molar-refractivity contribution in [1.29, 1.82) is 0 Å². The monoisotopic (exact) mass is 246 g/mol. The second-order valence-corrected chi connectivity index (χ2v) is 7.26. The molecule has 1 unspecified atom stereocenters. The number of hydrogen-bond donors (Lipinski definition) is 1. The number of nitrogens with one attached hydrogen (secondary N) is 1. The third-order valence-corrected chi connectivity index (χ3v) is 5.19. The van der Waals surface area contributed by atoms with Gasteiger partial charge in [0.1, 0.15) is 0 Å². The van der Waals surface area contributed by atoms with Crippen LogP contribution >= 0.6 is 0 Å². The van der Waals surface area contributed by atoms with Gasteiger partial charge in [0.25, 0.3) is 0 Å². The summed E-state index contributed by atoms with van der Waals surface area (Å²) in [5.41, 5.74) is 0. The van der Waals surface area contributed by atoms with Gasteiger partial charge in [0.05, 0.1) is 11.5 Å². The van der Waals surface area contributed by atoms with Crippen LogP contribution in [-0.4, -0.2) is 57.0 Å². The molecule has 94 valence electrons. The Labute approximate surface area is 98.3 Å². The molecule has 2 aliphatic heterocycles. The van der Waals surface area contributed by atoms with Gasteiger partial charge in [-0.05, 0) is 19.4 Å². The summed E-state index contributed by atoms with van der Waals surface area (Å²) in [6.07, 6.45) is 5.16. The topological polar surface area (TPSA) is 49.4 Å². The summed E-state index contributed by atoms with van der Waals surface area (Å²) >= 11 is 0. The Hall–Kier alpha value is -0.130. The van der Waals surface area contributed by atoms with E-state index in [1.165, 1.54) is 25.7 Å². The minimum Gasteiger partial charge on any atom is -0.313 e. The Bertz CT molecular complexity index is 294. The summed E-state index contributed by atoms with van der Waals surface area (Å²) < 4.78 is 22.6. The molecule has 0 spiro atoms. The van der Waals surface area contributed by atoms with E-state index >= 15 is 0 Å². The van der Waals surface area contributed by atoms with Crippen molar-refractivity contribution >= 4 is 9.84 Å². The maximum atomic E-state index is 11.3. The summed E-state index contributed by atoms with van der Waals surface area (Å²) in [4.78, 5) is 2.30. The van der Waals surface area contributed by atoms with E-state index in [0.717, 1.165) is 26.2 Å². The lowest BCUT2D eigenvalue weighted by molar-refractivity contribution is 0.256. The van der Waals surface area contributed by atoms with Gasteiger partial charge in [-0.3, -0.25) is 4.90 Å². The van der Waals surface area contributed by atoms with Crippen molar-refractivity contribution in [3.05, 3.63) is 0 Å². The maximum Gasteiger partial charge on any atom is 0.152 e. The van der Waals surface area contributed by atoms with E-state index in [4.69, 9.17) is 0 Å². The van der Waals surface area contributed by atoms with Gasteiger partial charge in [0, 0.05) is 25.7 Å². The molecule has 1 atom stereocenters. The van der Waals surface area contributed by atoms with Crippen LogP contribution in [0.3, 0.4) is 0 Å². The maximum absolute atomic E-state index is 11.3. The Morgan fingerprint density at radius 2 is 1.88 bits per heavy atom. The zero-order chi connectivity index (χ0) is 11.4. The second kappa shape index (κ2) is 5.47.